The monoisotopic (exact) mass is 339 g/mol. The minimum Gasteiger partial charge on any atom is -0.372 e. The van der Waals surface area contributed by atoms with Gasteiger partial charge >= 0.3 is 6.18 Å². The fourth-order valence-electron chi connectivity index (χ4n) is 1.71. The van der Waals surface area contributed by atoms with E-state index in [4.69, 9.17) is 10.5 Å². The highest BCUT2D eigenvalue weighted by Gasteiger charge is 2.26. The third-order valence-electron chi connectivity index (χ3n) is 2.59. The minimum atomic E-state index is -4.14. The molecule has 0 aliphatic rings. The predicted molar refractivity (Wildman–Crippen MR) is 71.8 cm³/mol. The molecule has 0 saturated carbocycles. The van der Waals surface area contributed by atoms with Crippen LogP contribution < -0.4 is 5.73 Å². The van der Waals surface area contributed by atoms with Crippen molar-refractivity contribution in [2.45, 2.75) is 38.1 Å². The van der Waals surface area contributed by atoms with Gasteiger partial charge in [-0.05, 0) is 25.0 Å². The summed E-state index contributed by atoms with van der Waals surface area (Å²) >= 11 is 3.39. The summed E-state index contributed by atoms with van der Waals surface area (Å²) in [5, 5.41) is 0. The average Bonchev–Trinajstić information content (AvgIpc) is 2.29. The van der Waals surface area contributed by atoms with E-state index in [-0.39, 0.29) is 19.1 Å². The van der Waals surface area contributed by atoms with Gasteiger partial charge in [0.25, 0.3) is 0 Å². The topological polar surface area (TPSA) is 35.2 Å². The van der Waals surface area contributed by atoms with Crippen molar-refractivity contribution in [2.24, 2.45) is 5.73 Å². The summed E-state index contributed by atoms with van der Waals surface area (Å²) in [7, 11) is 0. The molecule has 0 spiro atoms. The maximum absolute atomic E-state index is 12.0. The molecule has 0 saturated heterocycles. The van der Waals surface area contributed by atoms with Gasteiger partial charge in [0.2, 0.25) is 0 Å². The van der Waals surface area contributed by atoms with Crippen LogP contribution in [0.5, 0.6) is 0 Å². The number of halogens is 4. The van der Waals surface area contributed by atoms with E-state index in [9.17, 15) is 13.2 Å². The summed E-state index contributed by atoms with van der Waals surface area (Å²) in [5.74, 6) is 0. The number of alkyl halides is 3. The number of ether oxygens (including phenoxy) is 1. The van der Waals surface area contributed by atoms with Crippen molar-refractivity contribution >= 4 is 15.9 Å². The highest BCUT2D eigenvalue weighted by Crippen LogP contribution is 2.28. The fourth-order valence-corrected chi connectivity index (χ4v) is 2.22. The number of hydrogen-bond donors (Lipinski definition) is 1. The molecule has 0 aromatic heterocycles. The zero-order valence-corrected chi connectivity index (χ0v) is 12.2. The first-order valence-corrected chi connectivity index (χ1v) is 6.79. The van der Waals surface area contributed by atoms with Crippen LogP contribution in [0.4, 0.5) is 13.2 Å². The Morgan fingerprint density at radius 2 is 1.95 bits per heavy atom. The standard InChI is InChI=1S/C13H17BrF3NO/c1-9(18)12(10-5-2-3-6-11(10)14)19-8-4-7-13(15,16)17/h2-3,5-6,9,12H,4,7-8,18H2,1H3. The van der Waals surface area contributed by atoms with E-state index in [1.807, 2.05) is 24.3 Å². The largest absolute Gasteiger partial charge is 0.389 e. The first kappa shape index (κ1) is 16.5. The van der Waals surface area contributed by atoms with Gasteiger partial charge in [0.15, 0.2) is 0 Å². The van der Waals surface area contributed by atoms with Crippen LogP contribution in [0.25, 0.3) is 0 Å². The molecule has 1 rings (SSSR count). The van der Waals surface area contributed by atoms with E-state index in [2.05, 4.69) is 15.9 Å². The van der Waals surface area contributed by atoms with Crippen molar-refractivity contribution < 1.29 is 17.9 Å². The van der Waals surface area contributed by atoms with Crippen LogP contribution in [-0.4, -0.2) is 18.8 Å². The lowest BCUT2D eigenvalue weighted by molar-refractivity contribution is -0.139. The first-order chi connectivity index (χ1) is 8.81. The molecule has 0 bridgehead atoms. The molecule has 0 radical (unpaired) electrons. The molecule has 108 valence electrons. The normalized spacial score (nSPS) is 15.3. The highest BCUT2D eigenvalue weighted by molar-refractivity contribution is 9.10. The van der Waals surface area contributed by atoms with Gasteiger partial charge in [0, 0.05) is 23.5 Å². The van der Waals surface area contributed by atoms with E-state index in [1.54, 1.807) is 6.92 Å². The fraction of sp³-hybridized carbons (Fsp3) is 0.538. The third-order valence-corrected chi connectivity index (χ3v) is 3.31. The van der Waals surface area contributed by atoms with Gasteiger partial charge in [-0.2, -0.15) is 13.2 Å². The number of nitrogens with two attached hydrogens (primary N) is 1. The zero-order valence-electron chi connectivity index (χ0n) is 10.6. The Bertz CT molecular complexity index is 396. The lowest BCUT2D eigenvalue weighted by atomic mass is 10.0. The van der Waals surface area contributed by atoms with Crippen LogP contribution in [0.1, 0.15) is 31.4 Å². The Kier molecular flexibility index (Phi) is 6.29. The van der Waals surface area contributed by atoms with Crippen molar-refractivity contribution in [1.29, 1.82) is 0 Å². The summed E-state index contributed by atoms with van der Waals surface area (Å²) in [6, 6.07) is 7.10. The zero-order chi connectivity index (χ0) is 14.5. The van der Waals surface area contributed by atoms with Crippen molar-refractivity contribution in [3.8, 4) is 0 Å². The smallest absolute Gasteiger partial charge is 0.372 e. The summed E-state index contributed by atoms with van der Waals surface area (Å²) in [5.41, 5.74) is 6.69. The molecular formula is C13H17BrF3NO. The van der Waals surface area contributed by atoms with E-state index in [0.717, 1.165) is 10.0 Å². The predicted octanol–water partition coefficient (Wildman–Crippen LogP) is 4.20. The second-order valence-electron chi connectivity index (χ2n) is 4.39. The Morgan fingerprint density at radius 3 is 2.47 bits per heavy atom. The molecule has 2 N–H and O–H groups in total. The maximum Gasteiger partial charge on any atom is 0.389 e. The van der Waals surface area contributed by atoms with Crippen LogP contribution in [0, 0.1) is 0 Å². The van der Waals surface area contributed by atoms with Gasteiger partial charge in [-0.15, -0.1) is 0 Å². The molecule has 2 atom stereocenters. The summed E-state index contributed by atoms with van der Waals surface area (Å²) in [4.78, 5) is 0. The van der Waals surface area contributed by atoms with Crippen molar-refractivity contribution in [1.82, 2.24) is 0 Å². The molecule has 2 unspecified atom stereocenters. The van der Waals surface area contributed by atoms with Gasteiger partial charge in [0.1, 0.15) is 0 Å². The molecule has 2 nitrogen and oxygen atoms in total. The van der Waals surface area contributed by atoms with E-state index >= 15 is 0 Å². The Labute approximate surface area is 119 Å². The van der Waals surface area contributed by atoms with E-state index < -0.39 is 18.7 Å². The molecule has 0 aliphatic heterocycles. The second kappa shape index (κ2) is 7.26. The van der Waals surface area contributed by atoms with Gasteiger partial charge in [-0.3, -0.25) is 0 Å². The van der Waals surface area contributed by atoms with Crippen molar-refractivity contribution in [3.63, 3.8) is 0 Å². The number of benzene rings is 1. The number of rotatable bonds is 6. The van der Waals surface area contributed by atoms with Gasteiger partial charge in [0.05, 0.1) is 6.10 Å². The van der Waals surface area contributed by atoms with Gasteiger partial charge < -0.3 is 10.5 Å². The molecular weight excluding hydrogens is 323 g/mol. The van der Waals surface area contributed by atoms with Crippen LogP contribution in [0.2, 0.25) is 0 Å². The third kappa shape index (κ3) is 5.93. The summed E-state index contributed by atoms with van der Waals surface area (Å²) < 4.78 is 42.5. The van der Waals surface area contributed by atoms with E-state index in [0.29, 0.717) is 0 Å². The Balaban J connectivity index is 2.58. The highest BCUT2D eigenvalue weighted by atomic mass is 79.9. The van der Waals surface area contributed by atoms with Gasteiger partial charge in [-0.25, -0.2) is 0 Å². The van der Waals surface area contributed by atoms with Crippen LogP contribution in [0.3, 0.4) is 0 Å². The lowest BCUT2D eigenvalue weighted by Gasteiger charge is -2.23. The van der Waals surface area contributed by atoms with E-state index in [1.165, 1.54) is 0 Å². The molecule has 1 aromatic rings. The van der Waals surface area contributed by atoms with Crippen LogP contribution in [0.15, 0.2) is 28.7 Å². The Hall–Kier alpha value is -0.590. The summed E-state index contributed by atoms with van der Waals surface area (Å²) in [6.45, 7) is 1.81. The first-order valence-electron chi connectivity index (χ1n) is 5.99. The lowest BCUT2D eigenvalue weighted by Crippen LogP contribution is -2.27. The quantitative estimate of drug-likeness (QED) is 0.788. The van der Waals surface area contributed by atoms with Gasteiger partial charge in [-0.1, -0.05) is 34.1 Å². The Morgan fingerprint density at radius 1 is 1.32 bits per heavy atom. The average molecular weight is 340 g/mol. The summed E-state index contributed by atoms with van der Waals surface area (Å²) in [6.07, 6.45) is -5.45. The molecule has 1 aromatic carbocycles. The molecule has 0 heterocycles. The van der Waals surface area contributed by atoms with Crippen molar-refractivity contribution in [3.05, 3.63) is 34.3 Å². The molecule has 0 fully saturated rings. The molecule has 0 aliphatic carbocycles. The second-order valence-corrected chi connectivity index (χ2v) is 5.25. The van der Waals surface area contributed by atoms with Crippen LogP contribution in [-0.2, 0) is 4.74 Å². The molecule has 6 heteroatoms. The van der Waals surface area contributed by atoms with Crippen LogP contribution >= 0.6 is 15.9 Å². The molecule has 0 amide bonds. The minimum absolute atomic E-state index is 0.0348. The van der Waals surface area contributed by atoms with Crippen molar-refractivity contribution in [2.75, 3.05) is 6.61 Å². The SMILES string of the molecule is CC(N)C(OCCCC(F)(F)F)c1ccccc1Br. The number of hydrogen-bond acceptors (Lipinski definition) is 2. The maximum atomic E-state index is 12.0. The molecule has 19 heavy (non-hydrogen) atoms.